The van der Waals surface area contributed by atoms with Crippen LogP contribution >= 0.6 is 0 Å². The zero-order valence-electron chi connectivity index (χ0n) is 16.3. The fraction of sp³-hybridized carbons (Fsp3) is 0.350. The Kier molecular flexibility index (Phi) is 4.49. The number of hydrogen-bond acceptors (Lipinski definition) is 6. The Morgan fingerprint density at radius 3 is 2.72 bits per heavy atom. The zero-order chi connectivity index (χ0) is 20.9. The van der Waals surface area contributed by atoms with E-state index in [1.165, 1.54) is 12.1 Å². The van der Waals surface area contributed by atoms with E-state index >= 15 is 0 Å². The molecule has 0 bridgehead atoms. The SMILES string of the molecule is Cc1nnc(N[C@H](C)c2cccc(F)c2F)c2cc(N3CC(C)(O)C3)c(=O)[nH]c12. The first kappa shape index (κ1) is 19.3. The molecule has 0 aliphatic carbocycles. The van der Waals surface area contributed by atoms with Crippen LogP contribution in [0.1, 0.15) is 31.1 Å². The molecular weight excluding hydrogens is 380 g/mol. The molecule has 3 aromatic rings. The van der Waals surface area contributed by atoms with Crippen LogP contribution in [0.3, 0.4) is 0 Å². The van der Waals surface area contributed by atoms with Crippen LogP contribution in [-0.4, -0.2) is 39.0 Å². The zero-order valence-corrected chi connectivity index (χ0v) is 16.3. The van der Waals surface area contributed by atoms with Gasteiger partial charge in [0.05, 0.1) is 22.9 Å². The summed E-state index contributed by atoms with van der Waals surface area (Å²) < 4.78 is 27.7. The van der Waals surface area contributed by atoms with E-state index < -0.39 is 23.3 Å². The van der Waals surface area contributed by atoms with Gasteiger partial charge in [0, 0.05) is 24.0 Å². The minimum atomic E-state index is -0.924. The molecule has 0 amide bonds. The molecule has 152 valence electrons. The number of halogens is 2. The molecule has 0 spiro atoms. The van der Waals surface area contributed by atoms with Crippen LogP contribution in [0, 0.1) is 18.6 Å². The number of β-amino-alcohol motifs (C(OH)–C–C–N with tert-alkyl or cyclic N) is 1. The van der Waals surface area contributed by atoms with Crippen LogP contribution in [0.15, 0.2) is 29.1 Å². The van der Waals surface area contributed by atoms with Crippen molar-refractivity contribution in [1.82, 2.24) is 15.2 Å². The number of pyridine rings is 1. The van der Waals surface area contributed by atoms with Crippen LogP contribution < -0.4 is 15.8 Å². The topological polar surface area (TPSA) is 94.1 Å². The molecule has 1 fully saturated rings. The van der Waals surface area contributed by atoms with Gasteiger partial charge in [-0.05, 0) is 32.9 Å². The molecule has 1 aliphatic heterocycles. The maximum Gasteiger partial charge on any atom is 0.272 e. The third-order valence-electron chi connectivity index (χ3n) is 5.14. The minimum Gasteiger partial charge on any atom is -0.386 e. The average molecular weight is 401 g/mol. The van der Waals surface area contributed by atoms with Crippen LogP contribution in [0.25, 0.3) is 10.9 Å². The second-order valence-electron chi connectivity index (χ2n) is 7.77. The van der Waals surface area contributed by atoms with Gasteiger partial charge in [0.15, 0.2) is 17.5 Å². The Hall–Kier alpha value is -3.07. The van der Waals surface area contributed by atoms with Crippen molar-refractivity contribution in [3.05, 3.63) is 57.5 Å². The largest absolute Gasteiger partial charge is 0.386 e. The summed E-state index contributed by atoms with van der Waals surface area (Å²) in [5.74, 6) is -1.51. The Bertz CT molecular complexity index is 1150. The normalized spacial score (nSPS) is 16.6. The number of nitrogens with one attached hydrogen (secondary N) is 2. The van der Waals surface area contributed by atoms with Crippen molar-refractivity contribution in [2.24, 2.45) is 0 Å². The number of hydrogen-bond donors (Lipinski definition) is 3. The maximum absolute atomic E-state index is 14.2. The molecule has 1 aliphatic rings. The quantitative estimate of drug-likeness (QED) is 0.622. The van der Waals surface area contributed by atoms with Crippen LogP contribution in [0.4, 0.5) is 20.3 Å². The number of anilines is 2. The molecule has 3 heterocycles. The molecule has 1 aromatic carbocycles. The van der Waals surface area contributed by atoms with Crippen LogP contribution in [0.5, 0.6) is 0 Å². The van der Waals surface area contributed by atoms with Crippen molar-refractivity contribution >= 4 is 22.4 Å². The van der Waals surface area contributed by atoms with E-state index in [0.717, 1.165) is 6.07 Å². The minimum absolute atomic E-state index is 0.156. The van der Waals surface area contributed by atoms with Gasteiger partial charge in [0.1, 0.15) is 5.69 Å². The smallest absolute Gasteiger partial charge is 0.272 e. The summed E-state index contributed by atoms with van der Waals surface area (Å²) >= 11 is 0. The fourth-order valence-corrected chi connectivity index (χ4v) is 3.65. The number of benzene rings is 1. The lowest BCUT2D eigenvalue weighted by Gasteiger charge is -2.45. The summed E-state index contributed by atoms with van der Waals surface area (Å²) in [5.41, 5.74) is 0.482. The number of aryl methyl sites for hydroxylation is 1. The van der Waals surface area contributed by atoms with Gasteiger partial charge in [-0.3, -0.25) is 4.79 Å². The van der Waals surface area contributed by atoms with Crippen molar-refractivity contribution in [3.63, 3.8) is 0 Å². The first-order valence-corrected chi connectivity index (χ1v) is 9.24. The molecule has 0 radical (unpaired) electrons. The van der Waals surface area contributed by atoms with Crippen molar-refractivity contribution in [3.8, 4) is 0 Å². The van der Waals surface area contributed by atoms with Gasteiger partial charge in [-0.2, -0.15) is 5.10 Å². The van der Waals surface area contributed by atoms with Gasteiger partial charge in [-0.25, -0.2) is 8.78 Å². The van der Waals surface area contributed by atoms with E-state index in [4.69, 9.17) is 0 Å². The molecule has 7 nitrogen and oxygen atoms in total. The van der Waals surface area contributed by atoms with E-state index in [9.17, 15) is 18.7 Å². The second kappa shape index (κ2) is 6.77. The van der Waals surface area contributed by atoms with Crippen LogP contribution in [-0.2, 0) is 0 Å². The number of aromatic amines is 1. The number of H-pyrrole nitrogens is 1. The second-order valence-corrected chi connectivity index (χ2v) is 7.77. The van der Waals surface area contributed by atoms with E-state index in [1.54, 1.807) is 31.7 Å². The molecule has 0 unspecified atom stereocenters. The Morgan fingerprint density at radius 1 is 1.31 bits per heavy atom. The number of aromatic nitrogens is 3. The lowest BCUT2D eigenvalue weighted by atomic mass is 9.96. The lowest BCUT2D eigenvalue weighted by molar-refractivity contribution is 0.0309. The van der Waals surface area contributed by atoms with Crippen molar-refractivity contribution in [2.45, 2.75) is 32.4 Å². The third kappa shape index (κ3) is 3.42. The van der Waals surface area contributed by atoms with Crippen molar-refractivity contribution in [2.75, 3.05) is 23.3 Å². The molecular formula is C20H21F2N5O2. The lowest BCUT2D eigenvalue weighted by Crippen LogP contribution is -2.61. The predicted molar refractivity (Wildman–Crippen MR) is 106 cm³/mol. The van der Waals surface area contributed by atoms with E-state index in [2.05, 4.69) is 20.5 Å². The Balaban J connectivity index is 1.75. The molecule has 1 saturated heterocycles. The highest BCUT2D eigenvalue weighted by Gasteiger charge is 2.37. The highest BCUT2D eigenvalue weighted by molar-refractivity contribution is 5.92. The van der Waals surface area contributed by atoms with Crippen LogP contribution in [0.2, 0.25) is 0 Å². The number of rotatable bonds is 4. The summed E-state index contributed by atoms with van der Waals surface area (Å²) in [4.78, 5) is 17.1. The van der Waals surface area contributed by atoms with E-state index in [0.29, 0.717) is 41.2 Å². The first-order chi connectivity index (χ1) is 13.7. The maximum atomic E-state index is 14.2. The fourth-order valence-electron chi connectivity index (χ4n) is 3.65. The summed E-state index contributed by atoms with van der Waals surface area (Å²) in [6.45, 7) is 5.79. The molecule has 29 heavy (non-hydrogen) atoms. The van der Waals surface area contributed by atoms with Gasteiger partial charge in [-0.1, -0.05) is 12.1 Å². The molecule has 4 rings (SSSR count). The van der Waals surface area contributed by atoms with Gasteiger partial charge >= 0.3 is 0 Å². The Morgan fingerprint density at radius 2 is 2.03 bits per heavy atom. The number of fused-ring (bicyclic) bond motifs is 1. The molecule has 2 aromatic heterocycles. The summed E-state index contributed by atoms with van der Waals surface area (Å²) in [7, 11) is 0. The average Bonchev–Trinajstić information content (AvgIpc) is 2.64. The summed E-state index contributed by atoms with van der Waals surface area (Å²) in [6.07, 6.45) is 0. The molecule has 9 heteroatoms. The number of nitrogens with zero attached hydrogens (tertiary/aromatic N) is 3. The first-order valence-electron chi connectivity index (χ1n) is 9.24. The monoisotopic (exact) mass is 401 g/mol. The van der Waals surface area contributed by atoms with Crippen molar-refractivity contribution in [1.29, 1.82) is 0 Å². The van der Waals surface area contributed by atoms with E-state index in [1.807, 2.05) is 0 Å². The highest BCUT2D eigenvalue weighted by Crippen LogP contribution is 2.31. The molecule has 0 saturated carbocycles. The predicted octanol–water partition coefficient (Wildman–Crippen LogP) is 2.65. The third-order valence-corrected chi connectivity index (χ3v) is 5.14. The molecule has 3 N–H and O–H groups in total. The summed E-state index contributed by atoms with van der Waals surface area (Å²) in [6, 6.07) is 5.09. The molecule has 1 atom stereocenters. The van der Waals surface area contributed by atoms with E-state index in [-0.39, 0.29) is 11.1 Å². The standard InChI is InChI=1S/C20H21F2N5O2/c1-10(12-5-4-6-14(21)16(12)22)23-18-13-7-15(27-8-20(3,29)9-27)19(28)24-17(13)11(2)25-26-18/h4-7,10,29H,8-9H2,1-3H3,(H,23,26)(H,24,28)/t10-/m1/s1. The summed E-state index contributed by atoms with van der Waals surface area (Å²) in [5, 5.41) is 21.9. The van der Waals surface area contributed by atoms with Gasteiger partial charge in [0.2, 0.25) is 0 Å². The highest BCUT2D eigenvalue weighted by atomic mass is 19.2. The van der Waals surface area contributed by atoms with Crippen molar-refractivity contribution < 1.29 is 13.9 Å². The van der Waals surface area contributed by atoms with Gasteiger partial charge in [-0.15, -0.1) is 5.10 Å². The van der Waals surface area contributed by atoms with Gasteiger partial charge < -0.3 is 20.3 Å². The number of aliphatic hydroxyl groups is 1. The Labute approximate surface area is 165 Å². The van der Waals surface area contributed by atoms with Gasteiger partial charge in [0.25, 0.3) is 5.56 Å².